The Morgan fingerprint density at radius 2 is 2.18 bits per heavy atom. The van der Waals surface area contributed by atoms with Crippen LogP contribution >= 0.6 is 11.6 Å². The van der Waals surface area contributed by atoms with Crippen LogP contribution in [0.15, 0.2) is 12.1 Å². The third-order valence-corrected chi connectivity index (χ3v) is 4.47. The molecule has 0 saturated heterocycles. The zero-order valence-corrected chi connectivity index (χ0v) is 13.5. The number of halogens is 1. The lowest BCUT2D eigenvalue weighted by molar-refractivity contribution is 0.0519. The minimum atomic E-state index is -0.448. The Morgan fingerprint density at radius 3 is 2.91 bits per heavy atom. The summed E-state index contributed by atoms with van der Waals surface area (Å²) in [5.41, 5.74) is 1.79. The number of ether oxygens (including phenoxy) is 1. The van der Waals surface area contributed by atoms with E-state index in [0.29, 0.717) is 17.4 Å². The lowest BCUT2D eigenvalue weighted by Crippen LogP contribution is -2.05. The fourth-order valence-electron chi connectivity index (χ4n) is 3.07. The van der Waals surface area contributed by atoms with Crippen molar-refractivity contribution in [2.45, 2.75) is 45.4 Å². The molecule has 0 atom stereocenters. The maximum Gasteiger partial charge on any atom is 0.358 e. The second kappa shape index (κ2) is 6.65. The maximum atomic E-state index is 11.7. The first-order valence-corrected chi connectivity index (χ1v) is 8.27. The quantitative estimate of drug-likeness (QED) is 0.622. The Labute approximate surface area is 134 Å². The van der Waals surface area contributed by atoms with E-state index in [9.17, 15) is 4.79 Å². The average Bonchev–Trinajstić information content (AvgIpc) is 3.15. The van der Waals surface area contributed by atoms with Crippen LogP contribution in [0.1, 0.15) is 55.2 Å². The highest BCUT2D eigenvalue weighted by Gasteiger charge is 2.17. The number of carbonyl (C=O) groups is 1. The van der Waals surface area contributed by atoms with Crippen molar-refractivity contribution < 1.29 is 9.53 Å². The molecule has 1 aliphatic rings. The van der Waals surface area contributed by atoms with Gasteiger partial charge in [0.2, 0.25) is 0 Å². The van der Waals surface area contributed by atoms with Crippen LogP contribution in [0.2, 0.25) is 5.15 Å². The molecule has 0 spiro atoms. The topological polar surface area (TPSA) is 56.5 Å². The number of aromatic nitrogens is 3. The molecule has 118 valence electrons. The van der Waals surface area contributed by atoms with Crippen LogP contribution in [0, 0.1) is 5.92 Å². The highest BCUT2D eigenvalue weighted by molar-refractivity contribution is 6.29. The van der Waals surface area contributed by atoms with Crippen LogP contribution in [-0.2, 0) is 11.2 Å². The molecule has 5 nitrogen and oxygen atoms in total. The monoisotopic (exact) mass is 321 g/mol. The predicted molar refractivity (Wildman–Crippen MR) is 84.2 cm³/mol. The Kier molecular flexibility index (Phi) is 4.62. The highest BCUT2D eigenvalue weighted by Crippen LogP contribution is 2.28. The second-order valence-corrected chi connectivity index (χ2v) is 6.17. The molecule has 1 fully saturated rings. The van der Waals surface area contributed by atoms with Gasteiger partial charge in [-0.15, -0.1) is 0 Å². The Bertz CT molecular complexity index is 677. The molecule has 0 amide bonds. The maximum absolute atomic E-state index is 11.7. The molecule has 1 aliphatic carbocycles. The van der Waals surface area contributed by atoms with Crippen molar-refractivity contribution in [3.8, 4) is 0 Å². The van der Waals surface area contributed by atoms with Crippen molar-refractivity contribution in [1.82, 2.24) is 14.6 Å². The van der Waals surface area contributed by atoms with Crippen LogP contribution in [0.3, 0.4) is 0 Å². The summed E-state index contributed by atoms with van der Waals surface area (Å²) in [5, 5.41) is 4.63. The van der Waals surface area contributed by atoms with Gasteiger partial charge in [-0.1, -0.05) is 37.3 Å². The molecule has 2 heterocycles. The van der Waals surface area contributed by atoms with Gasteiger partial charge in [-0.25, -0.2) is 14.3 Å². The second-order valence-electron chi connectivity index (χ2n) is 5.78. The number of hydrogen-bond acceptors (Lipinski definition) is 4. The fraction of sp³-hybridized carbons (Fsp3) is 0.562. The fourth-order valence-corrected chi connectivity index (χ4v) is 3.32. The number of esters is 1. The predicted octanol–water partition coefficient (Wildman–Crippen LogP) is 3.68. The van der Waals surface area contributed by atoms with Gasteiger partial charge in [-0.3, -0.25) is 0 Å². The zero-order chi connectivity index (χ0) is 15.5. The van der Waals surface area contributed by atoms with E-state index >= 15 is 0 Å². The van der Waals surface area contributed by atoms with Gasteiger partial charge >= 0.3 is 5.97 Å². The summed E-state index contributed by atoms with van der Waals surface area (Å²) in [7, 11) is 0. The van der Waals surface area contributed by atoms with Crippen LogP contribution in [0.5, 0.6) is 0 Å². The number of hydrogen-bond donors (Lipinski definition) is 0. The van der Waals surface area contributed by atoms with E-state index in [0.717, 1.165) is 24.5 Å². The smallest absolute Gasteiger partial charge is 0.358 e. The third-order valence-electron chi connectivity index (χ3n) is 4.20. The van der Waals surface area contributed by atoms with Crippen molar-refractivity contribution in [3.63, 3.8) is 0 Å². The molecule has 0 bridgehead atoms. The van der Waals surface area contributed by atoms with E-state index in [4.69, 9.17) is 16.3 Å². The number of nitrogens with zero attached hydrogens (tertiary/aromatic N) is 3. The third kappa shape index (κ3) is 3.24. The van der Waals surface area contributed by atoms with Gasteiger partial charge in [0.1, 0.15) is 5.15 Å². The van der Waals surface area contributed by atoms with Crippen molar-refractivity contribution in [2.24, 2.45) is 5.92 Å². The van der Waals surface area contributed by atoms with E-state index < -0.39 is 5.97 Å². The number of aryl methyl sites for hydroxylation is 1. The van der Waals surface area contributed by atoms with E-state index in [1.165, 1.54) is 30.2 Å². The van der Waals surface area contributed by atoms with Gasteiger partial charge in [0.05, 0.1) is 6.61 Å². The number of fused-ring (bicyclic) bond motifs is 1. The van der Waals surface area contributed by atoms with Gasteiger partial charge in [-0.05, 0) is 31.7 Å². The lowest BCUT2D eigenvalue weighted by atomic mass is 10.0. The molecule has 1 saturated carbocycles. The van der Waals surface area contributed by atoms with Crippen LogP contribution in [0.4, 0.5) is 0 Å². The summed E-state index contributed by atoms with van der Waals surface area (Å²) < 4.78 is 6.44. The first kappa shape index (κ1) is 15.3. The van der Waals surface area contributed by atoms with Crippen LogP contribution in [0.25, 0.3) is 5.65 Å². The molecule has 2 aromatic heterocycles. The summed E-state index contributed by atoms with van der Waals surface area (Å²) in [6.07, 6.45) is 7.43. The van der Waals surface area contributed by atoms with Crippen molar-refractivity contribution in [1.29, 1.82) is 0 Å². The van der Waals surface area contributed by atoms with Crippen LogP contribution < -0.4 is 0 Å². The summed E-state index contributed by atoms with van der Waals surface area (Å²) in [5.74, 6) is 0.369. The minimum absolute atomic E-state index is 0.240. The summed E-state index contributed by atoms with van der Waals surface area (Å²) in [6, 6.07) is 3.47. The number of carbonyl (C=O) groups excluding carboxylic acids is 1. The average molecular weight is 322 g/mol. The van der Waals surface area contributed by atoms with E-state index in [-0.39, 0.29) is 5.69 Å². The molecule has 0 unspecified atom stereocenters. The van der Waals surface area contributed by atoms with Crippen LogP contribution in [-0.4, -0.2) is 27.2 Å². The molecule has 22 heavy (non-hydrogen) atoms. The van der Waals surface area contributed by atoms with Crippen molar-refractivity contribution in [2.75, 3.05) is 6.61 Å². The van der Waals surface area contributed by atoms with E-state index in [2.05, 4.69) is 10.1 Å². The normalized spacial score (nSPS) is 15.5. The van der Waals surface area contributed by atoms with E-state index in [1.807, 2.05) is 6.07 Å². The molecule has 0 N–H and O–H groups in total. The molecule has 0 aromatic carbocycles. The van der Waals surface area contributed by atoms with Gasteiger partial charge in [0.25, 0.3) is 0 Å². The Hall–Kier alpha value is -1.62. The SMILES string of the molecule is CCOC(=O)c1cc2nc(CCC3CCCC3)cc(Cl)n2n1. The largest absolute Gasteiger partial charge is 0.461 e. The molecule has 3 rings (SSSR count). The molecular formula is C16H20ClN3O2. The molecular weight excluding hydrogens is 302 g/mol. The van der Waals surface area contributed by atoms with E-state index in [1.54, 1.807) is 13.0 Å². The van der Waals surface area contributed by atoms with Gasteiger partial charge in [0.15, 0.2) is 11.3 Å². The summed E-state index contributed by atoms with van der Waals surface area (Å²) in [4.78, 5) is 16.3. The lowest BCUT2D eigenvalue weighted by Gasteiger charge is -2.08. The van der Waals surface area contributed by atoms with Crippen molar-refractivity contribution in [3.05, 3.63) is 28.7 Å². The standard InChI is InChI=1S/C16H20ClN3O2/c1-2-22-16(21)13-10-15-18-12(9-14(17)20(15)19-13)8-7-11-5-3-4-6-11/h9-11H,2-8H2,1H3. The molecule has 0 radical (unpaired) electrons. The summed E-state index contributed by atoms with van der Waals surface area (Å²) in [6.45, 7) is 2.08. The molecule has 6 heteroatoms. The highest BCUT2D eigenvalue weighted by atomic mass is 35.5. The Morgan fingerprint density at radius 1 is 1.41 bits per heavy atom. The van der Waals surface area contributed by atoms with Gasteiger partial charge in [0, 0.05) is 11.8 Å². The Balaban J connectivity index is 1.79. The first-order valence-electron chi connectivity index (χ1n) is 7.89. The molecule has 0 aliphatic heterocycles. The summed E-state index contributed by atoms with van der Waals surface area (Å²) >= 11 is 6.26. The first-order chi connectivity index (χ1) is 10.7. The van der Waals surface area contributed by atoms with Gasteiger partial charge in [-0.2, -0.15) is 5.10 Å². The minimum Gasteiger partial charge on any atom is -0.461 e. The number of rotatable bonds is 5. The van der Waals surface area contributed by atoms with Gasteiger partial charge < -0.3 is 4.74 Å². The molecule has 2 aromatic rings. The zero-order valence-electron chi connectivity index (χ0n) is 12.7. The van der Waals surface area contributed by atoms with Crippen molar-refractivity contribution >= 4 is 23.2 Å².